The highest BCUT2D eigenvalue weighted by molar-refractivity contribution is 9.10. The van der Waals surface area contributed by atoms with Gasteiger partial charge in [-0.1, -0.05) is 12.1 Å². The normalized spacial score (nSPS) is 26.9. The molecule has 1 aromatic carbocycles. The first-order chi connectivity index (χ1) is 9.69. The van der Waals surface area contributed by atoms with E-state index in [1.165, 1.54) is 18.4 Å². The number of hydrogen-bond acceptors (Lipinski definition) is 3. The molecule has 1 aliphatic carbocycles. The Hall–Kier alpha value is -0.580. The summed E-state index contributed by atoms with van der Waals surface area (Å²) in [5.74, 6) is 2.37. The van der Waals surface area contributed by atoms with Gasteiger partial charge in [-0.05, 0) is 72.3 Å². The van der Waals surface area contributed by atoms with Crippen LogP contribution >= 0.6 is 15.9 Å². The van der Waals surface area contributed by atoms with Gasteiger partial charge < -0.3 is 10.5 Å². The molecule has 3 rings (SSSR count). The first-order valence-electron chi connectivity index (χ1n) is 7.50. The van der Waals surface area contributed by atoms with Gasteiger partial charge in [-0.2, -0.15) is 0 Å². The van der Waals surface area contributed by atoms with Crippen molar-refractivity contribution in [3.63, 3.8) is 0 Å². The molecule has 0 bridgehead atoms. The minimum absolute atomic E-state index is 0.447. The summed E-state index contributed by atoms with van der Waals surface area (Å²) in [6.07, 6.45) is 3.78. The largest absolute Gasteiger partial charge is 0.492 e. The number of nitrogens with zero attached hydrogens (tertiary/aromatic N) is 1. The zero-order chi connectivity index (χ0) is 14.1. The van der Waals surface area contributed by atoms with Crippen LogP contribution < -0.4 is 10.5 Å². The molecule has 20 heavy (non-hydrogen) atoms. The van der Waals surface area contributed by atoms with Crippen molar-refractivity contribution in [2.45, 2.75) is 25.3 Å². The zero-order valence-corrected chi connectivity index (χ0v) is 13.6. The van der Waals surface area contributed by atoms with Gasteiger partial charge in [0, 0.05) is 12.6 Å². The molecule has 2 aliphatic rings. The molecule has 2 atom stereocenters. The van der Waals surface area contributed by atoms with Crippen LogP contribution in [0.15, 0.2) is 22.7 Å². The summed E-state index contributed by atoms with van der Waals surface area (Å²) < 4.78 is 7.08. The van der Waals surface area contributed by atoms with Crippen molar-refractivity contribution in [3.8, 4) is 5.75 Å². The van der Waals surface area contributed by atoms with Crippen LogP contribution in [0, 0.1) is 11.8 Å². The molecule has 1 aromatic rings. The van der Waals surface area contributed by atoms with E-state index in [2.05, 4.69) is 46.1 Å². The number of hydrogen-bond donors (Lipinski definition) is 1. The summed E-state index contributed by atoms with van der Waals surface area (Å²) in [5.41, 5.74) is 7.16. The maximum atomic E-state index is 5.96. The minimum Gasteiger partial charge on any atom is -0.492 e. The third-order valence-electron chi connectivity index (χ3n) is 4.49. The van der Waals surface area contributed by atoms with E-state index < -0.39 is 0 Å². The predicted octanol–water partition coefficient (Wildman–Crippen LogP) is 3.19. The summed E-state index contributed by atoms with van der Waals surface area (Å²) in [7, 11) is 2.19. The Kier molecular flexibility index (Phi) is 4.34. The van der Waals surface area contributed by atoms with Gasteiger partial charge in [-0.25, -0.2) is 0 Å². The third kappa shape index (κ3) is 3.02. The van der Waals surface area contributed by atoms with E-state index in [9.17, 15) is 0 Å². The molecular formula is C16H23BrN2O. The number of halogens is 1. The highest BCUT2D eigenvalue weighted by Gasteiger charge is 2.31. The molecule has 0 spiro atoms. The van der Waals surface area contributed by atoms with Gasteiger partial charge in [-0.15, -0.1) is 0 Å². The highest BCUT2D eigenvalue weighted by atomic mass is 79.9. The fraction of sp³-hybridized carbons (Fsp3) is 0.625. The molecule has 1 saturated carbocycles. The Morgan fingerprint density at radius 1 is 1.35 bits per heavy atom. The monoisotopic (exact) mass is 338 g/mol. The molecule has 1 saturated heterocycles. The molecule has 2 N–H and O–H groups in total. The van der Waals surface area contributed by atoms with Gasteiger partial charge in [0.1, 0.15) is 5.75 Å². The summed E-state index contributed by atoms with van der Waals surface area (Å²) in [6, 6.07) is 6.81. The fourth-order valence-electron chi connectivity index (χ4n) is 3.03. The van der Waals surface area contributed by atoms with Gasteiger partial charge in [0.2, 0.25) is 0 Å². The van der Waals surface area contributed by atoms with Gasteiger partial charge >= 0.3 is 0 Å². The van der Waals surface area contributed by atoms with E-state index in [1.807, 2.05) is 0 Å². The number of likely N-dealkylation sites (tertiary alicyclic amines) is 1. The van der Waals surface area contributed by atoms with E-state index in [1.54, 1.807) is 0 Å². The van der Waals surface area contributed by atoms with Crippen molar-refractivity contribution < 1.29 is 4.74 Å². The summed E-state index contributed by atoms with van der Waals surface area (Å²) in [4.78, 5) is 2.41. The van der Waals surface area contributed by atoms with Crippen LogP contribution in [0.4, 0.5) is 0 Å². The van der Waals surface area contributed by atoms with Gasteiger partial charge in [0.05, 0.1) is 11.1 Å². The van der Waals surface area contributed by atoms with Crippen molar-refractivity contribution in [1.82, 2.24) is 4.90 Å². The second-order valence-corrected chi connectivity index (χ2v) is 7.00. The second-order valence-electron chi connectivity index (χ2n) is 6.21. The average molecular weight is 339 g/mol. The van der Waals surface area contributed by atoms with Gasteiger partial charge in [0.15, 0.2) is 0 Å². The standard InChI is InChI=1S/C16H23BrN2O/c1-19-9-12(8-18)7-14(19)13-3-2-4-15(16(13)17)20-10-11-5-6-11/h2-4,11-12,14H,5-10,18H2,1H3. The SMILES string of the molecule is CN1CC(CN)CC1c1cccc(OCC2CC2)c1Br. The first kappa shape index (κ1) is 14.4. The number of ether oxygens (including phenoxy) is 1. The Bertz CT molecular complexity index is 476. The molecule has 0 radical (unpaired) electrons. The van der Waals surface area contributed by atoms with E-state index in [0.29, 0.717) is 12.0 Å². The Morgan fingerprint density at radius 3 is 2.80 bits per heavy atom. The lowest BCUT2D eigenvalue weighted by atomic mass is 10.00. The van der Waals surface area contributed by atoms with Gasteiger partial charge in [0.25, 0.3) is 0 Å². The molecule has 3 nitrogen and oxygen atoms in total. The van der Waals surface area contributed by atoms with E-state index in [4.69, 9.17) is 10.5 Å². The maximum Gasteiger partial charge on any atom is 0.133 e. The number of rotatable bonds is 5. The summed E-state index contributed by atoms with van der Waals surface area (Å²) >= 11 is 3.75. The Balaban J connectivity index is 1.76. The molecule has 2 fully saturated rings. The van der Waals surface area contributed by atoms with E-state index in [0.717, 1.165) is 42.3 Å². The van der Waals surface area contributed by atoms with E-state index in [-0.39, 0.29) is 0 Å². The van der Waals surface area contributed by atoms with Crippen LogP contribution in [0.1, 0.15) is 30.9 Å². The lowest BCUT2D eigenvalue weighted by molar-refractivity contribution is 0.292. The van der Waals surface area contributed by atoms with Crippen molar-refractivity contribution in [2.24, 2.45) is 17.6 Å². The lowest BCUT2D eigenvalue weighted by Gasteiger charge is -2.22. The molecular weight excluding hydrogens is 316 g/mol. The van der Waals surface area contributed by atoms with Crippen LogP contribution in [0.2, 0.25) is 0 Å². The lowest BCUT2D eigenvalue weighted by Crippen LogP contribution is -2.20. The van der Waals surface area contributed by atoms with Crippen LogP contribution in [-0.4, -0.2) is 31.6 Å². The first-order valence-corrected chi connectivity index (χ1v) is 8.30. The second kappa shape index (κ2) is 6.04. The molecule has 0 amide bonds. The topological polar surface area (TPSA) is 38.5 Å². The summed E-state index contributed by atoms with van der Waals surface area (Å²) in [6.45, 7) is 2.71. The summed E-state index contributed by atoms with van der Waals surface area (Å²) in [5, 5.41) is 0. The third-order valence-corrected chi connectivity index (χ3v) is 5.34. The van der Waals surface area contributed by atoms with Gasteiger partial charge in [-0.3, -0.25) is 4.90 Å². The van der Waals surface area contributed by atoms with Crippen molar-refractivity contribution in [2.75, 3.05) is 26.7 Å². The average Bonchev–Trinajstić information content (AvgIpc) is 3.20. The Morgan fingerprint density at radius 2 is 2.15 bits per heavy atom. The maximum absolute atomic E-state index is 5.96. The van der Waals surface area contributed by atoms with Crippen LogP contribution in [-0.2, 0) is 0 Å². The van der Waals surface area contributed by atoms with Crippen LogP contribution in [0.3, 0.4) is 0 Å². The molecule has 110 valence electrons. The number of nitrogens with two attached hydrogens (primary N) is 1. The van der Waals surface area contributed by atoms with E-state index >= 15 is 0 Å². The molecule has 0 aromatic heterocycles. The quantitative estimate of drug-likeness (QED) is 0.895. The smallest absolute Gasteiger partial charge is 0.133 e. The van der Waals surface area contributed by atoms with Crippen molar-refractivity contribution in [3.05, 3.63) is 28.2 Å². The van der Waals surface area contributed by atoms with Crippen molar-refractivity contribution in [1.29, 1.82) is 0 Å². The number of benzene rings is 1. The molecule has 1 heterocycles. The molecule has 2 unspecified atom stereocenters. The highest BCUT2D eigenvalue weighted by Crippen LogP contribution is 2.41. The Labute approximate surface area is 129 Å². The van der Waals surface area contributed by atoms with Crippen LogP contribution in [0.25, 0.3) is 0 Å². The predicted molar refractivity (Wildman–Crippen MR) is 84.9 cm³/mol. The fourth-order valence-corrected chi connectivity index (χ4v) is 3.67. The van der Waals surface area contributed by atoms with Crippen molar-refractivity contribution >= 4 is 15.9 Å². The zero-order valence-electron chi connectivity index (χ0n) is 12.0. The molecule has 1 aliphatic heterocycles. The van der Waals surface area contributed by atoms with Crippen LogP contribution in [0.5, 0.6) is 5.75 Å². The minimum atomic E-state index is 0.447. The molecule has 4 heteroatoms.